The molecule has 1 N–H and O–H groups in total. The fourth-order valence-electron chi connectivity index (χ4n) is 1.63. The number of nitrogens with zero attached hydrogens (tertiary/aromatic N) is 1. The maximum Gasteiger partial charge on any atom is 0.411 e. The molecule has 0 aliphatic carbocycles. The summed E-state index contributed by atoms with van der Waals surface area (Å²) in [6.45, 7) is 0.239. The number of ketones is 1. The van der Waals surface area contributed by atoms with Crippen LogP contribution in [0.4, 0.5) is 10.5 Å². The van der Waals surface area contributed by atoms with E-state index in [4.69, 9.17) is 5.11 Å². The first-order valence-corrected chi connectivity index (χ1v) is 5.22. The van der Waals surface area contributed by atoms with Crippen LogP contribution in [-0.2, 0) is 0 Å². The Labute approximate surface area is 94.6 Å². The molecule has 0 spiro atoms. The molecule has 1 heterocycles. The average molecular weight is 270 g/mol. The second kappa shape index (κ2) is 3.66. The van der Waals surface area contributed by atoms with Crippen molar-refractivity contribution >= 4 is 33.5 Å². The molecule has 4 nitrogen and oxygen atoms in total. The van der Waals surface area contributed by atoms with Gasteiger partial charge in [-0.15, -0.1) is 0 Å². The summed E-state index contributed by atoms with van der Waals surface area (Å²) in [6, 6.07) is 5.03. The minimum absolute atomic E-state index is 0.0104. The molecule has 5 heteroatoms. The molecule has 2 rings (SSSR count). The Bertz CT molecular complexity index is 444. The monoisotopic (exact) mass is 269 g/mol. The average Bonchev–Trinajstić information content (AvgIpc) is 2.19. The Balaban J connectivity index is 2.55. The van der Waals surface area contributed by atoms with Crippen molar-refractivity contribution in [1.29, 1.82) is 0 Å². The summed E-state index contributed by atoms with van der Waals surface area (Å²) in [6.07, 6.45) is -0.776. The van der Waals surface area contributed by atoms with E-state index in [9.17, 15) is 9.59 Å². The third kappa shape index (κ3) is 1.74. The van der Waals surface area contributed by atoms with Gasteiger partial charge in [0.05, 0.1) is 5.69 Å². The smallest absolute Gasteiger partial charge is 0.411 e. The minimum atomic E-state index is -1.02. The van der Waals surface area contributed by atoms with E-state index in [-0.39, 0.29) is 18.7 Å². The van der Waals surface area contributed by atoms with Crippen molar-refractivity contribution in [2.45, 2.75) is 6.42 Å². The zero-order valence-corrected chi connectivity index (χ0v) is 9.32. The lowest BCUT2D eigenvalue weighted by Gasteiger charge is -2.26. The molecule has 0 saturated carbocycles. The van der Waals surface area contributed by atoms with Gasteiger partial charge in [0, 0.05) is 23.0 Å². The van der Waals surface area contributed by atoms with Gasteiger partial charge in [0.15, 0.2) is 5.78 Å². The highest BCUT2D eigenvalue weighted by Gasteiger charge is 2.26. The predicted molar refractivity (Wildman–Crippen MR) is 58.5 cm³/mol. The largest absolute Gasteiger partial charge is 0.465 e. The van der Waals surface area contributed by atoms with E-state index < -0.39 is 6.09 Å². The maximum atomic E-state index is 11.6. The molecule has 15 heavy (non-hydrogen) atoms. The number of carboxylic acid groups (broad SMARTS) is 1. The van der Waals surface area contributed by atoms with Gasteiger partial charge in [-0.1, -0.05) is 15.9 Å². The van der Waals surface area contributed by atoms with E-state index in [0.29, 0.717) is 11.3 Å². The van der Waals surface area contributed by atoms with E-state index in [0.717, 1.165) is 4.47 Å². The van der Waals surface area contributed by atoms with Gasteiger partial charge < -0.3 is 5.11 Å². The summed E-state index contributed by atoms with van der Waals surface area (Å²) in [5.74, 6) is -0.0104. The predicted octanol–water partition coefficient (Wildman–Crippen LogP) is 2.52. The van der Waals surface area contributed by atoms with Gasteiger partial charge in [-0.2, -0.15) is 0 Å². The number of anilines is 1. The SMILES string of the molecule is O=C1CCN(C(=O)O)c2ccc(Br)cc21. The summed E-state index contributed by atoms with van der Waals surface area (Å²) < 4.78 is 0.779. The first-order valence-electron chi connectivity index (χ1n) is 4.43. The summed E-state index contributed by atoms with van der Waals surface area (Å²) in [5.41, 5.74) is 0.944. The second-order valence-corrected chi connectivity index (χ2v) is 4.18. The van der Waals surface area contributed by atoms with E-state index >= 15 is 0 Å². The second-order valence-electron chi connectivity index (χ2n) is 3.27. The van der Waals surface area contributed by atoms with Crippen LogP contribution in [0.5, 0.6) is 0 Å². The fourth-order valence-corrected chi connectivity index (χ4v) is 2.00. The minimum Gasteiger partial charge on any atom is -0.465 e. The van der Waals surface area contributed by atoms with Crippen molar-refractivity contribution in [2.75, 3.05) is 11.4 Å². The first kappa shape index (κ1) is 10.2. The van der Waals surface area contributed by atoms with E-state index in [2.05, 4.69) is 15.9 Å². The third-order valence-electron chi connectivity index (χ3n) is 2.34. The molecule has 0 fully saturated rings. The van der Waals surface area contributed by atoms with E-state index in [1.165, 1.54) is 4.90 Å². The molecule has 0 saturated heterocycles. The summed E-state index contributed by atoms with van der Waals surface area (Å²) in [5, 5.41) is 8.94. The molecular formula is C10H8BrNO3. The Morgan fingerprint density at radius 1 is 1.47 bits per heavy atom. The molecule has 1 aliphatic rings. The number of carbonyl (C=O) groups excluding carboxylic acids is 1. The number of benzene rings is 1. The summed E-state index contributed by atoms with van der Waals surface area (Å²) >= 11 is 3.26. The molecule has 78 valence electrons. The van der Waals surface area contributed by atoms with Gasteiger partial charge in [0.2, 0.25) is 0 Å². The maximum absolute atomic E-state index is 11.6. The van der Waals surface area contributed by atoms with Crippen LogP contribution in [0.15, 0.2) is 22.7 Å². The number of amides is 1. The number of hydrogen-bond donors (Lipinski definition) is 1. The molecule has 1 aromatic rings. The van der Waals surface area contributed by atoms with Crippen LogP contribution in [0.2, 0.25) is 0 Å². The molecule has 0 unspecified atom stereocenters. The molecule has 0 aromatic heterocycles. The Morgan fingerprint density at radius 3 is 2.87 bits per heavy atom. The molecule has 0 bridgehead atoms. The summed E-state index contributed by atoms with van der Waals surface area (Å²) in [4.78, 5) is 23.7. The number of halogens is 1. The number of carbonyl (C=O) groups is 2. The molecule has 1 aromatic carbocycles. The summed E-state index contributed by atoms with van der Waals surface area (Å²) in [7, 11) is 0. The molecule has 0 atom stereocenters. The molecule has 1 aliphatic heterocycles. The highest BCUT2D eigenvalue weighted by atomic mass is 79.9. The number of fused-ring (bicyclic) bond motifs is 1. The van der Waals surface area contributed by atoms with Crippen LogP contribution in [0.1, 0.15) is 16.8 Å². The number of hydrogen-bond acceptors (Lipinski definition) is 2. The lowest BCUT2D eigenvalue weighted by molar-refractivity contribution is 0.0980. The van der Waals surface area contributed by atoms with Crippen LogP contribution >= 0.6 is 15.9 Å². The van der Waals surface area contributed by atoms with Gasteiger partial charge in [0.25, 0.3) is 0 Å². The number of Topliss-reactive ketones (excluding diaryl/α,β-unsaturated/α-hetero) is 1. The quantitative estimate of drug-likeness (QED) is 0.788. The van der Waals surface area contributed by atoms with Gasteiger partial charge >= 0.3 is 6.09 Å². The van der Waals surface area contributed by atoms with E-state index in [1.807, 2.05) is 0 Å². The Kier molecular flexibility index (Phi) is 2.48. The van der Waals surface area contributed by atoms with Gasteiger partial charge in [-0.3, -0.25) is 9.69 Å². The van der Waals surface area contributed by atoms with Crippen molar-refractivity contribution < 1.29 is 14.7 Å². The van der Waals surface area contributed by atoms with Crippen LogP contribution in [0.25, 0.3) is 0 Å². The zero-order valence-electron chi connectivity index (χ0n) is 7.74. The highest BCUT2D eigenvalue weighted by Crippen LogP contribution is 2.29. The van der Waals surface area contributed by atoms with Gasteiger partial charge in [-0.05, 0) is 18.2 Å². The standard InChI is InChI=1S/C10H8BrNO3/c11-6-1-2-8-7(5-6)9(13)3-4-12(8)10(14)15/h1-2,5H,3-4H2,(H,14,15). The Hall–Kier alpha value is -1.36. The van der Waals surface area contributed by atoms with Crippen molar-refractivity contribution in [2.24, 2.45) is 0 Å². The van der Waals surface area contributed by atoms with Gasteiger partial charge in [-0.25, -0.2) is 4.79 Å². The van der Waals surface area contributed by atoms with Crippen molar-refractivity contribution in [1.82, 2.24) is 0 Å². The third-order valence-corrected chi connectivity index (χ3v) is 2.84. The van der Waals surface area contributed by atoms with Crippen molar-refractivity contribution in [3.63, 3.8) is 0 Å². The van der Waals surface area contributed by atoms with Crippen LogP contribution in [0, 0.1) is 0 Å². The normalized spacial score (nSPS) is 15.0. The van der Waals surface area contributed by atoms with Crippen molar-refractivity contribution in [3.8, 4) is 0 Å². The lowest BCUT2D eigenvalue weighted by Crippen LogP contribution is -2.36. The van der Waals surface area contributed by atoms with Crippen LogP contribution in [-0.4, -0.2) is 23.5 Å². The number of rotatable bonds is 0. The fraction of sp³-hybridized carbons (Fsp3) is 0.200. The molecular weight excluding hydrogens is 262 g/mol. The van der Waals surface area contributed by atoms with E-state index in [1.54, 1.807) is 18.2 Å². The Morgan fingerprint density at radius 2 is 2.20 bits per heavy atom. The molecule has 0 radical (unpaired) electrons. The zero-order chi connectivity index (χ0) is 11.0. The highest BCUT2D eigenvalue weighted by molar-refractivity contribution is 9.10. The molecule has 1 amide bonds. The van der Waals surface area contributed by atoms with Crippen LogP contribution in [0.3, 0.4) is 0 Å². The van der Waals surface area contributed by atoms with Gasteiger partial charge in [0.1, 0.15) is 0 Å². The van der Waals surface area contributed by atoms with Crippen LogP contribution < -0.4 is 4.90 Å². The topological polar surface area (TPSA) is 57.6 Å². The lowest BCUT2D eigenvalue weighted by atomic mass is 10.0. The van der Waals surface area contributed by atoms with Crippen molar-refractivity contribution in [3.05, 3.63) is 28.2 Å². The first-order chi connectivity index (χ1) is 7.09.